The molecule has 0 saturated carbocycles. The molecule has 0 aliphatic rings. The molecule has 4 heteroatoms. The third kappa shape index (κ3) is 3.34. The predicted molar refractivity (Wildman–Crippen MR) is 108 cm³/mol. The van der Waals surface area contributed by atoms with Crippen molar-refractivity contribution in [1.29, 1.82) is 5.26 Å². The van der Waals surface area contributed by atoms with Crippen molar-refractivity contribution in [2.45, 2.75) is 6.42 Å². The minimum absolute atomic E-state index is 0.521. The Bertz CT molecular complexity index is 1140. The molecular weight excluding hydrogens is 346 g/mol. The zero-order valence-corrected chi connectivity index (χ0v) is 15.1. The van der Waals surface area contributed by atoms with Crippen LogP contribution in [-0.4, -0.2) is 16.1 Å². The molecule has 0 saturated heterocycles. The van der Waals surface area contributed by atoms with Crippen molar-refractivity contribution < 1.29 is 4.79 Å². The number of hydrogen-bond donors (Lipinski definition) is 0. The number of aromatic nitrogens is 2. The minimum Gasteiger partial charge on any atom is -0.296 e. The summed E-state index contributed by atoms with van der Waals surface area (Å²) in [5.41, 5.74) is 5.58. The van der Waals surface area contributed by atoms with Gasteiger partial charge >= 0.3 is 0 Å². The fourth-order valence-corrected chi connectivity index (χ4v) is 3.26. The topological polar surface area (TPSA) is 58.7 Å². The van der Waals surface area contributed by atoms with Gasteiger partial charge < -0.3 is 0 Å². The summed E-state index contributed by atoms with van der Waals surface area (Å²) in [6.07, 6.45) is 1.46. The summed E-state index contributed by atoms with van der Waals surface area (Å²) in [5, 5.41) is 13.8. The van der Waals surface area contributed by atoms with Crippen LogP contribution in [0, 0.1) is 11.3 Å². The van der Waals surface area contributed by atoms with Crippen molar-refractivity contribution in [2.75, 3.05) is 0 Å². The lowest BCUT2D eigenvalue weighted by Crippen LogP contribution is -2.03. The van der Waals surface area contributed by atoms with Crippen LogP contribution in [0.3, 0.4) is 0 Å². The molecule has 0 amide bonds. The largest absolute Gasteiger partial charge is 0.296 e. The fraction of sp³-hybridized carbons (Fsp3) is 0.0417. The third-order valence-corrected chi connectivity index (χ3v) is 4.65. The summed E-state index contributed by atoms with van der Waals surface area (Å²) in [6.45, 7) is 0. The molecule has 0 aliphatic heterocycles. The van der Waals surface area contributed by atoms with Crippen molar-refractivity contribution in [1.82, 2.24) is 9.78 Å². The Balaban J connectivity index is 1.90. The van der Waals surface area contributed by atoms with Gasteiger partial charge in [0.15, 0.2) is 6.29 Å². The van der Waals surface area contributed by atoms with Crippen molar-refractivity contribution in [3.63, 3.8) is 0 Å². The maximum absolute atomic E-state index is 12.1. The molecule has 134 valence electrons. The molecule has 1 heterocycles. The summed E-state index contributed by atoms with van der Waals surface area (Å²) in [6, 6.07) is 29.1. The molecule has 0 aliphatic carbocycles. The first-order valence-corrected chi connectivity index (χ1v) is 8.97. The molecule has 28 heavy (non-hydrogen) atoms. The Morgan fingerprint density at radius 2 is 1.54 bits per heavy atom. The van der Waals surface area contributed by atoms with Gasteiger partial charge in [-0.1, -0.05) is 60.7 Å². The number of nitrogens with zero attached hydrogens (tertiary/aromatic N) is 3. The number of carbonyl (C=O) groups excluding carboxylic acids is 1. The molecule has 0 atom stereocenters. The normalized spacial score (nSPS) is 10.4. The molecule has 0 unspecified atom stereocenters. The highest BCUT2D eigenvalue weighted by molar-refractivity contribution is 5.81. The SMILES string of the molecule is N#Cc1ccc(-n2nc(-c3ccccc3)c(Cc3ccccc3)c2C=O)cc1. The Morgan fingerprint density at radius 1 is 0.893 bits per heavy atom. The molecule has 0 radical (unpaired) electrons. The lowest BCUT2D eigenvalue weighted by Gasteiger charge is -2.05. The van der Waals surface area contributed by atoms with Crippen LogP contribution >= 0.6 is 0 Å². The maximum atomic E-state index is 12.1. The average Bonchev–Trinajstić information content (AvgIpc) is 3.13. The molecule has 0 fully saturated rings. The van der Waals surface area contributed by atoms with Crippen LogP contribution in [0.2, 0.25) is 0 Å². The zero-order chi connectivity index (χ0) is 19.3. The minimum atomic E-state index is 0.521. The first kappa shape index (κ1) is 17.4. The summed E-state index contributed by atoms with van der Waals surface area (Å²) in [7, 11) is 0. The van der Waals surface area contributed by atoms with Crippen LogP contribution in [0.25, 0.3) is 16.9 Å². The van der Waals surface area contributed by atoms with Crippen molar-refractivity contribution >= 4 is 6.29 Å². The highest BCUT2D eigenvalue weighted by Crippen LogP contribution is 2.29. The Hall–Kier alpha value is -3.97. The molecule has 1 aromatic heterocycles. The molecule has 0 N–H and O–H groups in total. The first-order chi connectivity index (χ1) is 13.8. The zero-order valence-electron chi connectivity index (χ0n) is 15.1. The van der Waals surface area contributed by atoms with Crippen LogP contribution in [0.4, 0.5) is 0 Å². The fourth-order valence-electron chi connectivity index (χ4n) is 3.26. The lowest BCUT2D eigenvalue weighted by molar-refractivity contribution is 0.111. The number of rotatable bonds is 5. The smallest absolute Gasteiger partial charge is 0.168 e. The van der Waals surface area contributed by atoms with Crippen LogP contribution < -0.4 is 0 Å². The highest BCUT2D eigenvalue weighted by atomic mass is 16.1. The van der Waals surface area contributed by atoms with Gasteiger partial charge in [0.1, 0.15) is 5.69 Å². The van der Waals surface area contributed by atoms with Gasteiger partial charge in [0.05, 0.1) is 23.0 Å². The summed E-state index contributed by atoms with van der Waals surface area (Å²) in [5.74, 6) is 0. The number of benzene rings is 3. The van der Waals surface area contributed by atoms with Crippen molar-refractivity contribution in [3.05, 3.63) is 107 Å². The highest BCUT2D eigenvalue weighted by Gasteiger charge is 2.20. The predicted octanol–water partition coefficient (Wildman–Crippen LogP) is 4.81. The Kier molecular flexibility index (Phi) is 4.81. The molecule has 0 bridgehead atoms. The first-order valence-electron chi connectivity index (χ1n) is 8.97. The van der Waals surface area contributed by atoms with Crippen molar-refractivity contribution in [3.8, 4) is 23.0 Å². The molecule has 0 spiro atoms. The molecule has 4 nitrogen and oxygen atoms in total. The standard InChI is InChI=1S/C24H17N3O/c25-16-19-11-13-21(14-12-19)27-23(17-28)22(15-18-7-3-1-4-8-18)24(26-27)20-9-5-2-6-10-20/h1-14,17H,15H2. The van der Waals surface area contributed by atoms with E-state index in [0.29, 0.717) is 17.7 Å². The van der Waals surface area contributed by atoms with Crippen LogP contribution in [0.1, 0.15) is 27.2 Å². The average molecular weight is 363 g/mol. The van der Waals surface area contributed by atoms with E-state index in [9.17, 15) is 4.79 Å². The number of carbonyl (C=O) groups is 1. The third-order valence-electron chi connectivity index (χ3n) is 4.65. The van der Waals surface area contributed by atoms with Gasteiger partial charge in [0, 0.05) is 17.5 Å². The molecule has 4 rings (SSSR count). The van der Waals surface area contributed by atoms with E-state index in [2.05, 4.69) is 6.07 Å². The van der Waals surface area contributed by atoms with Gasteiger partial charge in [-0.05, 0) is 29.8 Å². The van der Waals surface area contributed by atoms with E-state index in [1.165, 1.54) is 0 Å². The molecule has 3 aromatic carbocycles. The maximum Gasteiger partial charge on any atom is 0.168 e. The van der Waals surface area contributed by atoms with E-state index < -0.39 is 0 Å². The summed E-state index contributed by atoms with van der Waals surface area (Å²) in [4.78, 5) is 12.1. The van der Waals surface area contributed by atoms with Gasteiger partial charge in [-0.15, -0.1) is 0 Å². The van der Waals surface area contributed by atoms with Gasteiger partial charge in [0.25, 0.3) is 0 Å². The van der Waals surface area contributed by atoms with E-state index in [-0.39, 0.29) is 0 Å². The van der Waals surface area contributed by atoms with E-state index >= 15 is 0 Å². The van der Waals surface area contributed by atoms with Crippen LogP contribution in [0.5, 0.6) is 0 Å². The summed E-state index contributed by atoms with van der Waals surface area (Å²) >= 11 is 0. The van der Waals surface area contributed by atoms with E-state index in [1.54, 1.807) is 28.9 Å². The van der Waals surface area contributed by atoms with Gasteiger partial charge in [-0.25, -0.2) is 4.68 Å². The van der Waals surface area contributed by atoms with Crippen LogP contribution in [-0.2, 0) is 6.42 Å². The Labute approximate surface area is 163 Å². The van der Waals surface area contributed by atoms with Crippen molar-refractivity contribution in [2.24, 2.45) is 0 Å². The van der Waals surface area contributed by atoms with E-state index in [4.69, 9.17) is 10.4 Å². The van der Waals surface area contributed by atoms with Gasteiger partial charge in [-0.3, -0.25) is 4.79 Å². The second-order valence-corrected chi connectivity index (χ2v) is 6.43. The molecular formula is C24H17N3O. The second kappa shape index (κ2) is 7.73. The Morgan fingerprint density at radius 3 is 2.14 bits per heavy atom. The summed E-state index contributed by atoms with van der Waals surface area (Å²) < 4.78 is 1.66. The number of aldehydes is 1. The van der Waals surface area contributed by atoms with E-state index in [0.717, 1.165) is 34.4 Å². The number of hydrogen-bond acceptors (Lipinski definition) is 3. The van der Waals surface area contributed by atoms with Crippen LogP contribution in [0.15, 0.2) is 84.9 Å². The van der Waals surface area contributed by atoms with Gasteiger partial charge in [0.2, 0.25) is 0 Å². The monoisotopic (exact) mass is 363 g/mol. The second-order valence-electron chi connectivity index (χ2n) is 6.43. The quantitative estimate of drug-likeness (QED) is 0.478. The number of nitriles is 1. The molecule has 4 aromatic rings. The lowest BCUT2D eigenvalue weighted by atomic mass is 9.99. The van der Waals surface area contributed by atoms with E-state index in [1.807, 2.05) is 60.7 Å². The van der Waals surface area contributed by atoms with Gasteiger partial charge in [-0.2, -0.15) is 10.4 Å².